The lowest BCUT2D eigenvalue weighted by Gasteiger charge is -2.17. The van der Waals surface area contributed by atoms with E-state index in [9.17, 15) is 24.7 Å². The highest BCUT2D eigenvalue weighted by atomic mass is 31.2. The summed E-state index contributed by atoms with van der Waals surface area (Å²) in [5, 5.41) is 40.0. The van der Waals surface area contributed by atoms with Crippen LogP contribution in [0.3, 0.4) is 0 Å². The molecule has 2 atom stereocenters. The summed E-state index contributed by atoms with van der Waals surface area (Å²) in [6.45, 7) is -0.922. The van der Waals surface area contributed by atoms with E-state index in [4.69, 9.17) is 14.9 Å². The van der Waals surface area contributed by atoms with Gasteiger partial charge in [-0.25, -0.2) is 9.36 Å². The predicted molar refractivity (Wildman–Crippen MR) is 77.7 cm³/mol. The Balaban J connectivity index is 2.73. The molecule has 0 bridgehead atoms. The number of rotatable bonds is 8. The van der Waals surface area contributed by atoms with Gasteiger partial charge in [-0.3, -0.25) is 4.52 Å². The minimum Gasteiger partial charge on any atom is -0.508 e. The Hall–Kier alpha value is -1.94. The molecule has 10 nitrogen and oxygen atoms in total. The molecule has 0 radical (unpaired) electrons. The van der Waals surface area contributed by atoms with Crippen LogP contribution in [0, 0.1) is 0 Å². The van der Waals surface area contributed by atoms with Gasteiger partial charge < -0.3 is 35.5 Å². The Morgan fingerprint density at radius 1 is 1.26 bits per heavy atom. The monoisotopic (exact) mass is 349 g/mol. The van der Waals surface area contributed by atoms with E-state index >= 15 is 0 Å². The van der Waals surface area contributed by atoms with Gasteiger partial charge in [-0.2, -0.15) is 0 Å². The van der Waals surface area contributed by atoms with Gasteiger partial charge in [0.05, 0.1) is 17.9 Å². The second kappa shape index (κ2) is 8.06. The van der Waals surface area contributed by atoms with Gasteiger partial charge in [0.15, 0.2) is 0 Å². The van der Waals surface area contributed by atoms with E-state index in [0.29, 0.717) is 0 Å². The number of carbonyl (C=O) groups is 1. The summed E-state index contributed by atoms with van der Waals surface area (Å²) < 4.78 is 14.5. The topological polar surface area (TPSA) is 177 Å². The standard InChI is InChI=1S/C12H16NO9P/c14-9(11(16)10(15)6-22-23(19,20)21)5-13-8-4-2-1-3-7(8)12(17)18/h1-5,10-11,13-16H,6H2,(H,17,18)(H2,19,20,21). The predicted octanol–water partition coefficient (Wildman–Crippen LogP) is 0.0272. The van der Waals surface area contributed by atoms with Crippen LogP contribution in [0.5, 0.6) is 0 Å². The van der Waals surface area contributed by atoms with E-state index in [1.165, 1.54) is 18.2 Å². The van der Waals surface area contributed by atoms with Crippen molar-refractivity contribution in [3.8, 4) is 0 Å². The van der Waals surface area contributed by atoms with Crippen molar-refractivity contribution >= 4 is 19.5 Å². The largest absolute Gasteiger partial charge is 0.508 e. The van der Waals surface area contributed by atoms with Crippen molar-refractivity contribution in [3.63, 3.8) is 0 Å². The second-order valence-electron chi connectivity index (χ2n) is 4.36. The molecule has 128 valence electrons. The summed E-state index contributed by atoms with van der Waals surface area (Å²) >= 11 is 0. The number of benzene rings is 1. The minimum atomic E-state index is -4.82. The zero-order valence-corrected chi connectivity index (χ0v) is 12.5. The molecular weight excluding hydrogens is 333 g/mol. The van der Waals surface area contributed by atoms with E-state index in [0.717, 1.165) is 6.20 Å². The molecule has 0 amide bonds. The van der Waals surface area contributed by atoms with Crippen LogP contribution in [0.25, 0.3) is 0 Å². The lowest BCUT2D eigenvalue weighted by Crippen LogP contribution is -2.32. The number of aliphatic hydroxyl groups is 3. The molecule has 7 N–H and O–H groups in total. The number of carboxylic acid groups (broad SMARTS) is 1. The van der Waals surface area contributed by atoms with Crippen LogP contribution in [0.15, 0.2) is 36.2 Å². The molecule has 1 rings (SSSR count). The Morgan fingerprint density at radius 3 is 2.43 bits per heavy atom. The Morgan fingerprint density at radius 2 is 1.87 bits per heavy atom. The lowest BCUT2D eigenvalue weighted by molar-refractivity contribution is -0.0133. The fourth-order valence-corrected chi connectivity index (χ4v) is 1.84. The van der Waals surface area contributed by atoms with Crippen molar-refractivity contribution in [1.29, 1.82) is 0 Å². The third-order valence-corrected chi connectivity index (χ3v) is 3.10. The normalized spacial score (nSPS) is 15.0. The average molecular weight is 349 g/mol. The van der Waals surface area contributed by atoms with Crippen LogP contribution in [0.4, 0.5) is 5.69 Å². The van der Waals surface area contributed by atoms with Gasteiger partial charge in [-0.15, -0.1) is 0 Å². The number of hydrogen-bond donors (Lipinski definition) is 7. The van der Waals surface area contributed by atoms with Gasteiger partial charge in [0.2, 0.25) is 0 Å². The Kier molecular flexibility index (Phi) is 6.70. The number of hydrogen-bond acceptors (Lipinski definition) is 7. The molecule has 0 heterocycles. The molecule has 1 aromatic rings. The highest BCUT2D eigenvalue weighted by Gasteiger charge is 2.24. The van der Waals surface area contributed by atoms with Crippen molar-refractivity contribution in [2.75, 3.05) is 11.9 Å². The van der Waals surface area contributed by atoms with Crippen molar-refractivity contribution in [3.05, 3.63) is 41.8 Å². The zero-order chi connectivity index (χ0) is 17.6. The fraction of sp³-hybridized carbons (Fsp3) is 0.250. The molecule has 0 spiro atoms. The van der Waals surface area contributed by atoms with Crippen LogP contribution in [-0.2, 0) is 9.09 Å². The highest BCUT2D eigenvalue weighted by Crippen LogP contribution is 2.35. The maximum absolute atomic E-state index is 11.0. The molecule has 0 saturated carbocycles. The smallest absolute Gasteiger partial charge is 0.469 e. The number of carboxylic acids is 1. The van der Waals surface area contributed by atoms with Gasteiger partial charge in [-0.1, -0.05) is 12.1 Å². The summed E-state index contributed by atoms with van der Waals surface area (Å²) in [6.07, 6.45) is -2.87. The van der Waals surface area contributed by atoms with Crippen LogP contribution in [0.1, 0.15) is 10.4 Å². The van der Waals surface area contributed by atoms with Gasteiger partial charge in [-0.05, 0) is 12.1 Å². The number of aliphatic hydroxyl groups excluding tert-OH is 3. The van der Waals surface area contributed by atoms with Crippen molar-refractivity contribution in [2.45, 2.75) is 12.2 Å². The molecule has 0 aliphatic carbocycles. The molecule has 0 saturated heterocycles. The molecule has 2 unspecified atom stereocenters. The van der Waals surface area contributed by atoms with Gasteiger partial charge >= 0.3 is 13.8 Å². The highest BCUT2D eigenvalue weighted by molar-refractivity contribution is 7.46. The average Bonchev–Trinajstić information content (AvgIpc) is 2.48. The summed E-state index contributed by atoms with van der Waals surface area (Å²) in [5.41, 5.74) is 0.0381. The van der Waals surface area contributed by atoms with E-state index in [2.05, 4.69) is 9.84 Å². The maximum atomic E-state index is 11.0. The number of nitrogens with one attached hydrogen (secondary N) is 1. The van der Waals surface area contributed by atoms with Gasteiger partial charge in [0.25, 0.3) is 0 Å². The molecular formula is C12H16NO9P. The van der Waals surface area contributed by atoms with E-state index in [1.54, 1.807) is 6.07 Å². The third kappa shape index (κ3) is 6.37. The molecule has 23 heavy (non-hydrogen) atoms. The Labute approximate surface area is 130 Å². The molecule has 0 fully saturated rings. The first-order valence-corrected chi connectivity index (χ1v) is 7.69. The molecule has 1 aromatic carbocycles. The number of phosphoric acid groups is 1. The number of anilines is 1. The second-order valence-corrected chi connectivity index (χ2v) is 5.60. The quantitative estimate of drug-likeness (QED) is 0.250. The summed E-state index contributed by atoms with van der Waals surface area (Å²) in [7, 11) is -4.82. The number of phosphoric ester groups is 1. The van der Waals surface area contributed by atoms with E-state index < -0.39 is 38.4 Å². The van der Waals surface area contributed by atoms with E-state index in [1.807, 2.05) is 0 Å². The van der Waals surface area contributed by atoms with Crippen LogP contribution < -0.4 is 5.32 Å². The van der Waals surface area contributed by atoms with Gasteiger partial charge in [0, 0.05) is 6.20 Å². The van der Waals surface area contributed by atoms with E-state index in [-0.39, 0.29) is 11.3 Å². The lowest BCUT2D eigenvalue weighted by atomic mass is 10.1. The summed E-state index contributed by atoms with van der Waals surface area (Å²) in [4.78, 5) is 27.9. The van der Waals surface area contributed by atoms with Crippen LogP contribution in [-0.4, -0.2) is 55.0 Å². The third-order valence-electron chi connectivity index (χ3n) is 2.61. The fourth-order valence-electron chi connectivity index (χ4n) is 1.49. The first-order chi connectivity index (χ1) is 10.6. The van der Waals surface area contributed by atoms with Crippen LogP contribution >= 0.6 is 7.82 Å². The van der Waals surface area contributed by atoms with Crippen LogP contribution in [0.2, 0.25) is 0 Å². The number of para-hydroxylation sites is 1. The van der Waals surface area contributed by atoms with Crippen molar-refractivity contribution < 1.29 is 44.1 Å². The summed E-state index contributed by atoms with van der Waals surface area (Å²) in [6, 6.07) is 5.76. The zero-order valence-electron chi connectivity index (χ0n) is 11.6. The minimum absolute atomic E-state index is 0.0866. The Bertz CT molecular complexity index is 627. The first kappa shape index (κ1) is 19.1. The van der Waals surface area contributed by atoms with Gasteiger partial charge in [0.1, 0.15) is 18.0 Å². The number of aromatic carboxylic acids is 1. The van der Waals surface area contributed by atoms with Crippen molar-refractivity contribution in [1.82, 2.24) is 0 Å². The molecule has 11 heteroatoms. The van der Waals surface area contributed by atoms with Crippen molar-refractivity contribution in [2.24, 2.45) is 0 Å². The first-order valence-electron chi connectivity index (χ1n) is 6.16. The SMILES string of the molecule is O=C(O)c1ccccc1NC=C(O)C(O)C(O)COP(=O)(O)O. The summed E-state index contributed by atoms with van der Waals surface area (Å²) in [5.74, 6) is -2.00. The maximum Gasteiger partial charge on any atom is 0.469 e. The molecule has 0 aromatic heterocycles. The molecule has 0 aliphatic heterocycles. The molecule has 0 aliphatic rings.